The standard InChI is InChI=1S/C12H9F3O3S/c1-18-11(17)10(16)9-4-6-2-3-7(12(13,14)15)5-8(6)19-9/h2-5,10,16H,1H3. The molecular weight excluding hydrogens is 281 g/mol. The number of halogens is 3. The van der Waals surface area contributed by atoms with Gasteiger partial charge in [0.2, 0.25) is 0 Å². The van der Waals surface area contributed by atoms with Crippen LogP contribution in [0.5, 0.6) is 0 Å². The molecule has 0 spiro atoms. The molecule has 0 radical (unpaired) electrons. The van der Waals surface area contributed by atoms with Crippen molar-refractivity contribution in [3.63, 3.8) is 0 Å². The van der Waals surface area contributed by atoms with Gasteiger partial charge in [-0.25, -0.2) is 4.79 Å². The number of benzene rings is 1. The van der Waals surface area contributed by atoms with Crippen LogP contribution in [0.1, 0.15) is 16.5 Å². The van der Waals surface area contributed by atoms with Crippen molar-refractivity contribution in [1.82, 2.24) is 0 Å². The van der Waals surface area contributed by atoms with Crippen molar-refractivity contribution >= 4 is 27.4 Å². The molecule has 1 atom stereocenters. The van der Waals surface area contributed by atoms with Gasteiger partial charge in [-0.05, 0) is 23.6 Å². The Morgan fingerprint density at radius 1 is 1.37 bits per heavy atom. The van der Waals surface area contributed by atoms with Gasteiger partial charge in [0.1, 0.15) is 0 Å². The molecule has 2 rings (SSSR count). The van der Waals surface area contributed by atoms with Gasteiger partial charge < -0.3 is 9.84 Å². The summed E-state index contributed by atoms with van der Waals surface area (Å²) >= 11 is 0.929. The summed E-state index contributed by atoms with van der Waals surface area (Å²) < 4.78 is 42.4. The number of hydrogen-bond donors (Lipinski definition) is 1. The summed E-state index contributed by atoms with van der Waals surface area (Å²) in [5.41, 5.74) is -0.763. The Morgan fingerprint density at radius 2 is 2.05 bits per heavy atom. The molecule has 0 saturated carbocycles. The van der Waals surface area contributed by atoms with Gasteiger partial charge in [0.25, 0.3) is 0 Å². The normalized spacial score (nSPS) is 13.5. The molecule has 19 heavy (non-hydrogen) atoms. The Morgan fingerprint density at radius 3 is 2.63 bits per heavy atom. The van der Waals surface area contributed by atoms with Crippen molar-refractivity contribution in [2.45, 2.75) is 12.3 Å². The maximum absolute atomic E-state index is 12.5. The Balaban J connectivity index is 2.44. The van der Waals surface area contributed by atoms with Crippen molar-refractivity contribution in [2.24, 2.45) is 0 Å². The maximum atomic E-state index is 12.5. The summed E-state index contributed by atoms with van der Waals surface area (Å²) in [6, 6.07) is 4.74. The highest BCUT2D eigenvalue weighted by Gasteiger charge is 2.31. The number of aliphatic hydroxyl groups is 1. The fourth-order valence-corrected chi connectivity index (χ4v) is 2.67. The third kappa shape index (κ3) is 2.71. The number of fused-ring (bicyclic) bond motifs is 1. The molecule has 0 amide bonds. The summed E-state index contributed by atoms with van der Waals surface area (Å²) in [6.45, 7) is 0. The SMILES string of the molecule is COC(=O)C(O)c1cc2ccc(C(F)(F)F)cc2s1. The second kappa shape index (κ2) is 4.82. The van der Waals surface area contributed by atoms with E-state index in [1.165, 1.54) is 12.1 Å². The van der Waals surface area contributed by atoms with Gasteiger partial charge in [0.15, 0.2) is 6.10 Å². The van der Waals surface area contributed by atoms with Crippen molar-refractivity contribution < 1.29 is 27.8 Å². The highest BCUT2D eigenvalue weighted by molar-refractivity contribution is 7.19. The van der Waals surface area contributed by atoms with Gasteiger partial charge >= 0.3 is 12.1 Å². The Bertz CT molecular complexity index is 618. The van der Waals surface area contributed by atoms with E-state index in [0.29, 0.717) is 10.1 Å². The molecule has 0 aliphatic rings. The van der Waals surface area contributed by atoms with E-state index in [2.05, 4.69) is 4.74 Å². The lowest BCUT2D eigenvalue weighted by Gasteiger charge is -2.05. The highest BCUT2D eigenvalue weighted by Crippen LogP contribution is 2.36. The van der Waals surface area contributed by atoms with Crippen LogP contribution in [0.4, 0.5) is 13.2 Å². The van der Waals surface area contributed by atoms with Crippen LogP contribution < -0.4 is 0 Å². The minimum Gasteiger partial charge on any atom is -0.467 e. The Labute approximate surface area is 110 Å². The molecule has 1 aromatic carbocycles. The first kappa shape index (κ1) is 13.8. The van der Waals surface area contributed by atoms with Crippen LogP contribution in [0.3, 0.4) is 0 Å². The summed E-state index contributed by atoms with van der Waals surface area (Å²) in [5.74, 6) is -0.845. The average Bonchev–Trinajstić information content (AvgIpc) is 2.78. The van der Waals surface area contributed by atoms with E-state index in [-0.39, 0.29) is 4.88 Å². The first-order chi connectivity index (χ1) is 8.82. The fraction of sp³-hybridized carbons (Fsp3) is 0.250. The maximum Gasteiger partial charge on any atom is 0.416 e. The first-order valence-corrected chi connectivity index (χ1v) is 6.01. The predicted octanol–water partition coefficient (Wildman–Crippen LogP) is 3.13. The largest absolute Gasteiger partial charge is 0.467 e. The average molecular weight is 290 g/mol. The predicted molar refractivity (Wildman–Crippen MR) is 63.8 cm³/mol. The van der Waals surface area contributed by atoms with E-state index in [9.17, 15) is 23.1 Å². The minimum atomic E-state index is -4.42. The number of rotatable bonds is 2. The number of aliphatic hydroxyl groups excluding tert-OH is 1. The summed E-state index contributed by atoms with van der Waals surface area (Å²) in [7, 11) is 1.13. The van der Waals surface area contributed by atoms with Crippen LogP contribution in [0.15, 0.2) is 24.3 Å². The van der Waals surface area contributed by atoms with Crippen LogP contribution in [0.25, 0.3) is 10.1 Å². The lowest BCUT2D eigenvalue weighted by molar-refractivity contribution is -0.150. The summed E-state index contributed by atoms with van der Waals surface area (Å²) in [6.07, 6.45) is -5.89. The number of carbonyl (C=O) groups excluding carboxylic acids is 1. The topological polar surface area (TPSA) is 46.5 Å². The quantitative estimate of drug-likeness (QED) is 0.864. The zero-order valence-electron chi connectivity index (χ0n) is 9.69. The summed E-state index contributed by atoms with van der Waals surface area (Å²) in [4.78, 5) is 11.4. The van der Waals surface area contributed by atoms with Crippen LogP contribution >= 0.6 is 11.3 Å². The number of alkyl halides is 3. The van der Waals surface area contributed by atoms with Gasteiger partial charge in [-0.1, -0.05) is 6.07 Å². The first-order valence-electron chi connectivity index (χ1n) is 5.19. The molecule has 0 fully saturated rings. The molecule has 102 valence electrons. The molecule has 0 saturated heterocycles. The number of ether oxygens (including phenoxy) is 1. The highest BCUT2D eigenvalue weighted by atomic mass is 32.1. The van der Waals surface area contributed by atoms with E-state index in [4.69, 9.17) is 0 Å². The number of thiophene rings is 1. The van der Waals surface area contributed by atoms with Crippen molar-refractivity contribution in [3.05, 3.63) is 34.7 Å². The molecule has 7 heteroatoms. The van der Waals surface area contributed by atoms with E-state index in [1.54, 1.807) is 0 Å². The number of hydrogen-bond acceptors (Lipinski definition) is 4. The zero-order valence-corrected chi connectivity index (χ0v) is 10.5. The van der Waals surface area contributed by atoms with Gasteiger partial charge in [-0.3, -0.25) is 0 Å². The molecular formula is C12H9F3O3S. The molecule has 0 bridgehead atoms. The van der Waals surface area contributed by atoms with E-state index in [0.717, 1.165) is 30.6 Å². The van der Waals surface area contributed by atoms with Crippen LogP contribution in [0.2, 0.25) is 0 Å². The second-order valence-corrected chi connectivity index (χ2v) is 4.94. The molecule has 1 heterocycles. The van der Waals surface area contributed by atoms with E-state index in [1.807, 2.05) is 0 Å². The molecule has 1 aromatic heterocycles. The van der Waals surface area contributed by atoms with Crippen LogP contribution in [0, 0.1) is 0 Å². The smallest absolute Gasteiger partial charge is 0.416 e. The lowest BCUT2D eigenvalue weighted by Crippen LogP contribution is -2.11. The summed E-state index contributed by atoms with van der Waals surface area (Å²) in [5, 5.41) is 10.2. The molecule has 0 aliphatic heterocycles. The third-order valence-corrected chi connectivity index (χ3v) is 3.71. The molecule has 0 aliphatic carbocycles. The van der Waals surface area contributed by atoms with E-state index < -0.39 is 23.8 Å². The molecule has 1 unspecified atom stereocenters. The number of carbonyl (C=O) groups is 1. The van der Waals surface area contributed by atoms with Crippen molar-refractivity contribution in [1.29, 1.82) is 0 Å². The minimum absolute atomic E-state index is 0.251. The van der Waals surface area contributed by atoms with Gasteiger partial charge in [0.05, 0.1) is 12.7 Å². The van der Waals surface area contributed by atoms with Crippen molar-refractivity contribution in [3.8, 4) is 0 Å². The lowest BCUT2D eigenvalue weighted by atomic mass is 10.1. The van der Waals surface area contributed by atoms with E-state index >= 15 is 0 Å². The van der Waals surface area contributed by atoms with Gasteiger partial charge in [-0.2, -0.15) is 13.2 Å². The number of esters is 1. The molecule has 2 aromatic rings. The van der Waals surface area contributed by atoms with Crippen LogP contribution in [-0.4, -0.2) is 18.2 Å². The second-order valence-electron chi connectivity index (χ2n) is 3.82. The van der Waals surface area contributed by atoms with Gasteiger partial charge in [0, 0.05) is 9.58 Å². The van der Waals surface area contributed by atoms with Gasteiger partial charge in [-0.15, -0.1) is 11.3 Å². The Kier molecular flexibility index (Phi) is 3.51. The monoisotopic (exact) mass is 290 g/mol. The Hall–Kier alpha value is -1.60. The fourth-order valence-electron chi connectivity index (χ4n) is 1.59. The number of methoxy groups -OCH3 is 1. The molecule has 3 nitrogen and oxygen atoms in total. The van der Waals surface area contributed by atoms with Crippen molar-refractivity contribution in [2.75, 3.05) is 7.11 Å². The zero-order chi connectivity index (χ0) is 14.2. The third-order valence-electron chi connectivity index (χ3n) is 2.56. The van der Waals surface area contributed by atoms with Crippen LogP contribution in [-0.2, 0) is 15.7 Å². The molecule has 1 N–H and O–H groups in total.